The van der Waals surface area contributed by atoms with Gasteiger partial charge in [-0.1, -0.05) is 0 Å². The second-order valence-corrected chi connectivity index (χ2v) is 3.10. The number of hydrogen-bond donors (Lipinski definition) is 2. The van der Waals surface area contributed by atoms with Crippen LogP contribution in [0.1, 0.15) is 30.4 Å². The summed E-state index contributed by atoms with van der Waals surface area (Å²) < 4.78 is 15.8. The van der Waals surface area contributed by atoms with Crippen molar-refractivity contribution >= 4 is 0 Å². The second kappa shape index (κ2) is 2.89. The molecule has 1 aliphatic rings. The van der Waals surface area contributed by atoms with Crippen molar-refractivity contribution in [3.8, 4) is 0 Å². The summed E-state index contributed by atoms with van der Waals surface area (Å²) >= 11 is 0. The van der Waals surface area contributed by atoms with Gasteiger partial charge < -0.3 is 10.6 Å². The monoisotopic (exact) mass is 144 g/mol. The summed E-state index contributed by atoms with van der Waals surface area (Å²) in [5, 5.41) is 6.22. The topological polar surface area (TPSA) is 24.1 Å². The van der Waals surface area contributed by atoms with Gasteiger partial charge in [-0.3, -0.25) is 0 Å². The van der Waals surface area contributed by atoms with Gasteiger partial charge in [-0.25, -0.2) is 0 Å². The van der Waals surface area contributed by atoms with Crippen LogP contribution in [0, 0.1) is 0 Å². The van der Waals surface area contributed by atoms with Crippen LogP contribution in [0.2, 0.25) is 0 Å². The van der Waals surface area contributed by atoms with Gasteiger partial charge in [0.05, 0.1) is 0 Å². The SMILES string of the molecule is [2H]C1(C)NC([2H])(C)C(C)NC1C. The lowest BCUT2D eigenvalue weighted by Crippen LogP contribution is -2.62. The number of nitrogens with one attached hydrogen (secondary N) is 2. The Kier molecular flexibility index (Phi) is 1.60. The molecule has 0 aromatic carbocycles. The zero-order valence-corrected chi connectivity index (χ0v) is 7.15. The third kappa shape index (κ3) is 1.50. The summed E-state index contributed by atoms with van der Waals surface area (Å²) in [6, 6.07) is -1.34. The van der Waals surface area contributed by atoms with Crippen molar-refractivity contribution in [3.05, 3.63) is 0 Å². The minimum absolute atomic E-state index is 0.0749. The van der Waals surface area contributed by atoms with Gasteiger partial charge in [0, 0.05) is 26.9 Å². The average molecular weight is 144 g/mol. The quantitative estimate of drug-likeness (QED) is 0.524. The molecule has 0 saturated carbocycles. The molecule has 1 fully saturated rings. The summed E-state index contributed by atoms with van der Waals surface area (Å²) in [6.07, 6.45) is 0. The Balaban J connectivity index is 2.78. The van der Waals surface area contributed by atoms with E-state index >= 15 is 0 Å². The smallest absolute Gasteiger partial charge is 0.0478 e. The third-order valence-electron chi connectivity index (χ3n) is 2.19. The first kappa shape index (κ1) is 5.56. The van der Waals surface area contributed by atoms with E-state index in [2.05, 4.69) is 10.6 Å². The Morgan fingerprint density at radius 3 is 1.60 bits per heavy atom. The third-order valence-corrected chi connectivity index (χ3v) is 2.19. The molecule has 2 N–H and O–H groups in total. The van der Waals surface area contributed by atoms with Gasteiger partial charge in [-0.05, 0) is 27.7 Å². The van der Waals surface area contributed by atoms with Crippen LogP contribution in [0.4, 0.5) is 0 Å². The first-order valence-electron chi connectivity index (χ1n) is 4.81. The largest absolute Gasteiger partial charge is 0.309 e. The normalized spacial score (nSPS) is 66.8. The zero-order valence-electron chi connectivity index (χ0n) is 9.15. The van der Waals surface area contributed by atoms with Gasteiger partial charge in [-0.2, -0.15) is 0 Å². The molecule has 1 aliphatic heterocycles. The van der Waals surface area contributed by atoms with E-state index in [9.17, 15) is 0 Å². The highest BCUT2D eigenvalue weighted by molar-refractivity contribution is 4.89. The first-order valence-corrected chi connectivity index (χ1v) is 3.81. The lowest BCUT2D eigenvalue weighted by Gasteiger charge is -2.38. The molecule has 2 nitrogen and oxygen atoms in total. The van der Waals surface area contributed by atoms with Gasteiger partial charge in [-0.15, -0.1) is 0 Å². The molecular formula is C8H18N2. The molecule has 1 saturated heterocycles. The predicted molar refractivity (Wildman–Crippen MR) is 44.1 cm³/mol. The standard InChI is InChI=1S/C8H18N2/c1-5-6(2)10-8(4)7(3)9-5/h5-10H,1-4H3/i5D,7D. The number of rotatable bonds is 0. The summed E-state index contributed by atoms with van der Waals surface area (Å²) in [7, 11) is 0. The van der Waals surface area contributed by atoms with Crippen LogP contribution >= 0.6 is 0 Å². The fraction of sp³-hybridized carbons (Fsp3) is 1.00. The molecule has 2 heteroatoms. The molecule has 1 heterocycles. The van der Waals surface area contributed by atoms with Gasteiger partial charge >= 0.3 is 0 Å². The fourth-order valence-electron chi connectivity index (χ4n) is 1.15. The van der Waals surface area contributed by atoms with E-state index in [1.165, 1.54) is 0 Å². The van der Waals surface area contributed by atoms with E-state index < -0.39 is 12.0 Å². The number of hydrogen-bond acceptors (Lipinski definition) is 2. The molecule has 4 atom stereocenters. The Morgan fingerprint density at radius 2 is 1.30 bits per heavy atom. The van der Waals surface area contributed by atoms with Crippen molar-refractivity contribution in [1.29, 1.82) is 0 Å². The highest BCUT2D eigenvalue weighted by Gasteiger charge is 2.25. The Bertz CT molecular complexity index is 162. The average Bonchev–Trinajstić information content (AvgIpc) is 1.82. The Labute approximate surface area is 66.2 Å². The van der Waals surface area contributed by atoms with Crippen LogP contribution < -0.4 is 10.6 Å². The van der Waals surface area contributed by atoms with Crippen LogP contribution in [0.15, 0.2) is 0 Å². The maximum absolute atomic E-state index is 7.88. The van der Waals surface area contributed by atoms with Crippen molar-refractivity contribution in [2.45, 2.75) is 51.8 Å². The van der Waals surface area contributed by atoms with Crippen molar-refractivity contribution in [2.75, 3.05) is 0 Å². The maximum Gasteiger partial charge on any atom is 0.0478 e. The highest BCUT2D eigenvalue weighted by atomic mass is 15.1. The first-order chi connectivity index (χ1) is 5.26. The molecule has 1 rings (SSSR count). The fourth-order valence-corrected chi connectivity index (χ4v) is 1.15. The van der Waals surface area contributed by atoms with Crippen LogP contribution in [-0.4, -0.2) is 24.1 Å². The number of piperazine rings is 1. The molecule has 4 unspecified atom stereocenters. The molecular weight excluding hydrogens is 124 g/mol. The van der Waals surface area contributed by atoms with Crippen LogP contribution in [-0.2, 0) is 0 Å². The van der Waals surface area contributed by atoms with E-state index in [0.717, 1.165) is 0 Å². The van der Waals surface area contributed by atoms with Gasteiger partial charge in [0.25, 0.3) is 0 Å². The Morgan fingerprint density at radius 1 is 0.900 bits per heavy atom. The van der Waals surface area contributed by atoms with E-state index in [1.807, 2.05) is 13.8 Å². The van der Waals surface area contributed by atoms with Crippen LogP contribution in [0.5, 0.6) is 0 Å². The van der Waals surface area contributed by atoms with Crippen LogP contribution in [0.3, 0.4) is 0 Å². The van der Waals surface area contributed by atoms with Crippen molar-refractivity contribution in [1.82, 2.24) is 10.6 Å². The summed E-state index contributed by atoms with van der Waals surface area (Å²) in [6.45, 7) is 7.52. The highest BCUT2D eigenvalue weighted by Crippen LogP contribution is 2.05. The minimum Gasteiger partial charge on any atom is -0.309 e. The Hall–Kier alpha value is -0.0800. The van der Waals surface area contributed by atoms with E-state index in [4.69, 9.17) is 2.74 Å². The molecule has 0 aliphatic carbocycles. The summed E-state index contributed by atoms with van der Waals surface area (Å²) in [5.74, 6) is 0. The molecule has 0 aromatic rings. The maximum atomic E-state index is 7.88. The predicted octanol–water partition coefficient (Wildman–Crippen LogP) is 0.733. The molecule has 10 heavy (non-hydrogen) atoms. The molecule has 0 aromatic heterocycles. The summed E-state index contributed by atoms with van der Waals surface area (Å²) in [5.41, 5.74) is 0. The zero-order chi connectivity index (χ0) is 9.57. The van der Waals surface area contributed by atoms with Crippen LogP contribution in [0.25, 0.3) is 0 Å². The lowest BCUT2D eigenvalue weighted by atomic mass is 10.0. The van der Waals surface area contributed by atoms with Crippen molar-refractivity contribution in [3.63, 3.8) is 0 Å². The second-order valence-electron chi connectivity index (χ2n) is 3.10. The summed E-state index contributed by atoms with van der Waals surface area (Å²) in [4.78, 5) is 0. The van der Waals surface area contributed by atoms with Gasteiger partial charge in [0.2, 0.25) is 0 Å². The molecule has 0 spiro atoms. The molecule has 0 amide bonds. The van der Waals surface area contributed by atoms with E-state index in [1.54, 1.807) is 13.8 Å². The van der Waals surface area contributed by atoms with Crippen molar-refractivity contribution < 1.29 is 2.74 Å². The molecule has 0 bridgehead atoms. The van der Waals surface area contributed by atoms with Crippen molar-refractivity contribution in [2.24, 2.45) is 0 Å². The van der Waals surface area contributed by atoms with Gasteiger partial charge in [0.15, 0.2) is 0 Å². The molecule has 0 radical (unpaired) electrons. The minimum atomic E-state index is -0.747. The van der Waals surface area contributed by atoms with E-state index in [-0.39, 0.29) is 12.1 Å². The lowest BCUT2D eigenvalue weighted by molar-refractivity contribution is 0.250. The molecule has 60 valence electrons. The van der Waals surface area contributed by atoms with E-state index in [0.29, 0.717) is 0 Å². The van der Waals surface area contributed by atoms with Gasteiger partial charge in [0.1, 0.15) is 0 Å².